The summed E-state index contributed by atoms with van der Waals surface area (Å²) in [6.45, 7) is 2.27. The summed E-state index contributed by atoms with van der Waals surface area (Å²) < 4.78 is 8.08. The van der Waals surface area contributed by atoms with Gasteiger partial charge < -0.3 is 14.7 Å². The number of benzene rings is 1. The third kappa shape index (κ3) is 2.92. The van der Waals surface area contributed by atoms with Gasteiger partial charge in [0, 0.05) is 25.4 Å². The van der Waals surface area contributed by atoms with Gasteiger partial charge in [0.15, 0.2) is 10.8 Å². The fourth-order valence-electron chi connectivity index (χ4n) is 2.42. The van der Waals surface area contributed by atoms with Crippen molar-refractivity contribution in [2.24, 2.45) is 0 Å². The first-order valence-electron chi connectivity index (χ1n) is 7.31. The summed E-state index contributed by atoms with van der Waals surface area (Å²) in [5.74, 6) is -0.286. The molecule has 24 heavy (non-hydrogen) atoms. The summed E-state index contributed by atoms with van der Waals surface area (Å²) in [4.78, 5) is 17.7. The highest BCUT2D eigenvalue weighted by molar-refractivity contribution is 7.22. The second-order valence-corrected chi connectivity index (χ2v) is 6.67. The van der Waals surface area contributed by atoms with E-state index in [0.29, 0.717) is 6.54 Å². The van der Waals surface area contributed by atoms with E-state index in [4.69, 9.17) is 9.84 Å². The zero-order valence-corrected chi connectivity index (χ0v) is 14.7. The molecule has 0 spiro atoms. The number of anilines is 1. The molecule has 0 radical (unpaired) electrons. The van der Waals surface area contributed by atoms with Crippen molar-refractivity contribution in [3.05, 3.63) is 35.2 Å². The molecule has 2 aromatic heterocycles. The quantitative estimate of drug-likeness (QED) is 0.765. The molecule has 0 fully saturated rings. The second-order valence-electron chi connectivity index (χ2n) is 5.66. The summed E-state index contributed by atoms with van der Waals surface area (Å²) in [6, 6.07) is 5.44. The van der Waals surface area contributed by atoms with E-state index in [1.54, 1.807) is 29.2 Å². The van der Waals surface area contributed by atoms with Crippen LogP contribution in [-0.4, -0.2) is 47.0 Å². The maximum atomic E-state index is 11.1. The molecule has 126 valence electrons. The van der Waals surface area contributed by atoms with Gasteiger partial charge in [-0.05, 0) is 25.1 Å². The standard InChI is InChI=1S/C16H18N4O3S/c1-9-5-12(15(21)22)18-20(9)8-10-6-11(23-4)7-13-14(10)17-16(24-13)19(2)3/h5-7H,8H2,1-4H3,(H,21,22). The molecule has 0 amide bonds. The number of aryl methyl sites for hydroxylation is 1. The predicted octanol–water partition coefficient (Wildman–Crippen LogP) is 2.62. The first-order valence-corrected chi connectivity index (χ1v) is 8.13. The lowest BCUT2D eigenvalue weighted by molar-refractivity contribution is 0.0689. The molecule has 0 unspecified atom stereocenters. The lowest BCUT2D eigenvalue weighted by Crippen LogP contribution is -2.08. The molecule has 0 atom stereocenters. The molecule has 0 aliphatic carbocycles. The van der Waals surface area contributed by atoms with Crippen LogP contribution in [-0.2, 0) is 6.54 Å². The van der Waals surface area contributed by atoms with Crippen molar-refractivity contribution in [2.75, 3.05) is 26.1 Å². The van der Waals surface area contributed by atoms with Crippen LogP contribution in [0.2, 0.25) is 0 Å². The molecule has 7 nitrogen and oxygen atoms in total. The summed E-state index contributed by atoms with van der Waals surface area (Å²) in [7, 11) is 5.53. The van der Waals surface area contributed by atoms with Crippen molar-refractivity contribution in [3.8, 4) is 5.75 Å². The maximum absolute atomic E-state index is 11.1. The van der Waals surface area contributed by atoms with E-state index in [2.05, 4.69) is 10.1 Å². The number of carbonyl (C=O) groups is 1. The number of nitrogens with zero attached hydrogens (tertiary/aromatic N) is 4. The predicted molar refractivity (Wildman–Crippen MR) is 93.5 cm³/mol. The van der Waals surface area contributed by atoms with E-state index in [1.165, 1.54) is 0 Å². The van der Waals surface area contributed by atoms with E-state index in [0.717, 1.165) is 32.4 Å². The van der Waals surface area contributed by atoms with Crippen LogP contribution in [0.15, 0.2) is 18.2 Å². The minimum atomic E-state index is -1.03. The molecule has 2 heterocycles. The third-order valence-corrected chi connectivity index (χ3v) is 4.84. The number of rotatable bonds is 5. The van der Waals surface area contributed by atoms with E-state index in [9.17, 15) is 4.79 Å². The van der Waals surface area contributed by atoms with E-state index >= 15 is 0 Å². The highest BCUT2D eigenvalue weighted by atomic mass is 32.1. The van der Waals surface area contributed by atoms with Crippen molar-refractivity contribution in [1.82, 2.24) is 14.8 Å². The Morgan fingerprint density at radius 1 is 1.38 bits per heavy atom. The number of methoxy groups -OCH3 is 1. The molecule has 0 aliphatic heterocycles. The van der Waals surface area contributed by atoms with Gasteiger partial charge in [-0.1, -0.05) is 11.3 Å². The molecule has 3 aromatic rings. The highest BCUT2D eigenvalue weighted by Gasteiger charge is 2.15. The summed E-state index contributed by atoms with van der Waals surface area (Å²) in [5, 5.41) is 14.2. The molecule has 0 bridgehead atoms. The van der Waals surface area contributed by atoms with Crippen LogP contribution >= 0.6 is 11.3 Å². The summed E-state index contributed by atoms with van der Waals surface area (Å²) in [5.41, 5.74) is 2.65. The van der Waals surface area contributed by atoms with Gasteiger partial charge in [0.05, 0.1) is 23.9 Å². The zero-order valence-electron chi connectivity index (χ0n) is 13.9. The molecule has 8 heteroatoms. The van der Waals surface area contributed by atoms with E-state index in [1.807, 2.05) is 38.1 Å². The average molecular weight is 346 g/mol. The van der Waals surface area contributed by atoms with Gasteiger partial charge in [-0.3, -0.25) is 4.68 Å². The smallest absolute Gasteiger partial charge is 0.356 e. The third-order valence-electron chi connectivity index (χ3n) is 3.67. The summed E-state index contributed by atoms with van der Waals surface area (Å²) in [6.07, 6.45) is 0. The molecule has 1 aromatic carbocycles. The van der Waals surface area contributed by atoms with Crippen LogP contribution in [0, 0.1) is 6.92 Å². The average Bonchev–Trinajstić information content (AvgIpc) is 3.11. The highest BCUT2D eigenvalue weighted by Crippen LogP contribution is 2.33. The van der Waals surface area contributed by atoms with Gasteiger partial charge >= 0.3 is 5.97 Å². The molecular formula is C16H18N4O3S. The number of carboxylic acid groups (broad SMARTS) is 1. The Balaban J connectivity index is 2.09. The fraction of sp³-hybridized carbons (Fsp3) is 0.312. The topological polar surface area (TPSA) is 80.5 Å². The van der Waals surface area contributed by atoms with Crippen LogP contribution in [0.3, 0.4) is 0 Å². The maximum Gasteiger partial charge on any atom is 0.356 e. The monoisotopic (exact) mass is 346 g/mol. The summed E-state index contributed by atoms with van der Waals surface area (Å²) >= 11 is 1.58. The number of aromatic nitrogens is 3. The van der Waals surface area contributed by atoms with Gasteiger partial charge in [-0.15, -0.1) is 0 Å². The van der Waals surface area contributed by atoms with Gasteiger partial charge in [0.25, 0.3) is 0 Å². The van der Waals surface area contributed by atoms with Crippen molar-refractivity contribution < 1.29 is 14.6 Å². The Morgan fingerprint density at radius 2 is 2.12 bits per heavy atom. The van der Waals surface area contributed by atoms with Gasteiger partial charge in [0.1, 0.15) is 5.75 Å². The van der Waals surface area contributed by atoms with Crippen molar-refractivity contribution in [1.29, 1.82) is 0 Å². The SMILES string of the molecule is COc1cc(Cn2nc(C(=O)O)cc2C)c2nc(N(C)C)sc2c1. The zero-order chi connectivity index (χ0) is 17.4. The normalized spacial score (nSPS) is 11.0. The minimum Gasteiger partial charge on any atom is -0.497 e. The van der Waals surface area contributed by atoms with Crippen LogP contribution in [0.4, 0.5) is 5.13 Å². The molecular weight excluding hydrogens is 328 g/mol. The van der Waals surface area contributed by atoms with Crippen LogP contribution in [0.5, 0.6) is 5.75 Å². The number of fused-ring (bicyclic) bond motifs is 1. The Bertz CT molecular complexity index is 914. The number of thiazole rings is 1. The first-order chi connectivity index (χ1) is 11.4. The van der Waals surface area contributed by atoms with Gasteiger partial charge in [-0.25, -0.2) is 9.78 Å². The van der Waals surface area contributed by atoms with Gasteiger partial charge in [0.2, 0.25) is 0 Å². The van der Waals surface area contributed by atoms with Gasteiger partial charge in [-0.2, -0.15) is 5.10 Å². The molecule has 3 rings (SSSR count). The second kappa shape index (κ2) is 6.12. The fourth-order valence-corrected chi connectivity index (χ4v) is 3.39. The number of carboxylic acids is 1. The lowest BCUT2D eigenvalue weighted by atomic mass is 10.2. The number of hydrogen-bond acceptors (Lipinski definition) is 6. The van der Waals surface area contributed by atoms with E-state index < -0.39 is 5.97 Å². The first kappa shape index (κ1) is 16.3. The van der Waals surface area contributed by atoms with Crippen molar-refractivity contribution >= 4 is 32.7 Å². The van der Waals surface area contributed by atoms with Crippen LogP contribution in [0.25, 0.3) is 10.2 Å². The molecule has 0 saturated heterocycles. The lowest BCUT2D eigenvalue weighted by Gasteiger charge is -2.08. The molecule has 1 N–H and O–H groups in total. The largest absolute Gasteiger partial charge is 0.497 e. The Labute approximate surface area is 143 Å². The Hall–Kier alpha value is -2.61. The number of aromatic carboxylic acids is 1. The Morgan fingerprint density at radius 3 is 2.71 bits per heavy atom. The number of ether oxygens (including phenoxy) is 1. The van der Waals surface area contributed by atoms with Crippen molar-refractivity contribution in [3.63, 3.8) is 0 Å². The van der Waals surface area contributed by atoms with Crippen molar-refractivity contribution in [2.45, 2.75) is 13.5 Å². The molecule has 0 saturated carbocycles. The van der Waals surface area contributed by atoms with Crippen LogP contribution < -0.4 is 9.64 Å². The van der Waals surface area contributed by atoms with E-state index in [-0.39, 0.29) is 5.69 Å². The Kier molecular flexibility index (Phi) is 4.15. The number of hydrogen-bond donors (Lipinski definition) is 1. The molecule has 0 aliphatic rings. The minimum absolute atomic E-state index is 0.0406. The van der Waals surface area contributed by atoms with Crippen LogP contribution in [0.1, 0.15) is 21.7 Å².